The maximum Gasteiger partial charge on any atom is 0.416 e. The molecule has 6 aliphatic rings. The lowest BCUT2D eigenvalue weighted by Gasteiger charge is -2.46. The molecule has 0 saturated heterocycles. The third-order valence-corrected chi connectivity index (χ3v) is 12.3. The van der Waals surface area contributed by atoms with Gasteiger partial charge >= 0.3 is 6.18 Å². The second-order valence-electron chi connectivity index (χ2n) is 13.1. The largest absolute Gasteiger partial charge is 0.416 e. The number of amides is 1. The van der Waals surface area contributed by atoms with Crippen LogP contribution in [0.2, 0.25) is 0 Å². The van der Waals surface area contributed by atoms with Crippen molar-refractivity contribution in [2.45, 2.75) is 86.1 Å². The highest BCUT2D eigenvalue weighted by atomic mass is 32.2. The fraction of sp³-hybridized carbons (Fsp3) is 0.548. The van der Waals surface area contributed by atoms with E-state index in [1.165, 1.54) is 35.0 Å². The summed E-state index contributed by atoms with van der Waals surface area (Å²) in [5.74, 6) is 0.783. The van der Waals surface area contributed by atoms with Crippen LogP contribution in [0.5, 0.6) is 0 Å². The van der Waals surface area contributed by atoms with Gasteiger partial charge in [0.25, 0.3) is 0 Å². The lowest BCUT2D eigenvalue weighted by molar-refractivity contribution is -0.137. The molecule has 12 heteroatoms. The third kappa shape index (κ3) is 5.04. The Morgan fingerprint density at radius 3 is 2.28 bits per heavy atom. The van der Waals surface area contributed by atoms with Crippen LogP contribution in [0.4, 0.5) is 17.6 Å². The molecule has 5 aliphatic carbocycles. The summed E-state index contributed by atoms with van der Waals surface area (Å²) in [4.78, 5) is 18.0. The van der Waals surface area contributed by atoms with Crippen molar-refractivity contribution in [1.82, 2.24) is 14.9 Å². The summed E-state index contributed by atoms with van der Waals surface area (Å²) in [6.45, 7) is 0.554. The number of fused-ring (bicyclic) bond motifs is 1. The lowest BCUT2D eigenvalue weighted by Crippen LogP contribution is -2.54. The number of hydrogen-bond donors (Lipinski definition) is 2. The van der Waals surface area contributed by atoms with Gasteiger partial charge in [-0.1, -0.05) is 18.6 Å². The van der Waals surface area contributed by atoms with E-state index in [4.69, 9.17) is 4.99 Å². The van der Waals surface area contributed by atoms with Crippen LogP contribution in [-0.4, -0.2) is 48.1 Å². The monoisotopic (exact) mass is 618 g/mol. The van der Waals surface area contributed by atoms with Crippen LogP contribution >= 0.6 is 0 Å². The molecule has 1 unspecified atom stereocenters. The zero-order valence-electron chi connectivity index (χ0n) is 23.5. The first-order valence-corrected chi connectivity index (χ1v) is 16.4. The molecule has 1 spiro atoms. The summed E-state index contributed by atoms with van der Waals surface area (Å²) in [5.41, 5.74) is -1.51. The van der Waals surface area contributed by atoms with Crippen molar-refractivity contribution in [2.24, 2.45) is 22.7 Å². The molecule has 1 heterocycles. The van der Waals surface area contributed by atoms with Gasteiger partial charge in [0.15, 0.2) is 6.04 Å². The van der Waals surface area contributed by atoms with Crippen molar-refractivity contribution >= 4 is 21.8 Å². The molecule has 2 bridgehead atoms. The van der Waals surface area contributed by atoms with Gasteiger partial charge in [0, 0.05) is 24.5 Å². The first-order valence-electron chi connectivity index (χ1n) is 15.0. The Hall–Kier alpha value is -2.99. The highest BCUT2D eigenvalue weighted by Gasteiger charge is 2.65. The molecule has 2 atom stereocenters. The number of carbonyl (C=O) groups is 1. The number of nitrogens with one attached hydrogen (secondary N) is 2. The Labute approximate surface area is 248 Å². The molecule has 2 N–H and O–H groups in total. The molecular formula is C31H34F4N4O3S. The second kappa shape index (κ2) is 10.0. The van der Waals surface area contributed by atoms with E-state index in [-0.39, 0.29) is 34.7 Å². The zero-order chi connectivity index (χ0) is 30.2. The molecule has 8 rings (SSSR count). The normalized spacial score (nSPS) is 29.1. The number of rotatable bonds is 9. The smallest absolute Gasteiger partial charge is 0.365 e. The van der Waals surface area contributed by atoms with Gasteiger partial charge in [0.2, 0.25) is 15.9 Å². The molecule has 43 heavy (non-hydrogen) atoms. The van der Waals surface area contributed by atoms with Gasteiger partial charge in [-0.2, -0.15) is 17.5 Å². The minimum atomic E-state index is -4.50. The zero-order valence-corrected chi connectivity index (χ0v) is 24.4. The van der Waals surface area contributed by atoms with Gasteiger partial charge < -0.3 is 10.6 Å². The van der Waals surface area contributed by atoms with E-state index >= 15 is 0 Å². The standard InChI is InChI=1S/C31H34F4N4O3S/c32-23-8-10-24(11-9-23)43(41,42)39(18-20-4-6-22(7-5-20)31(33,34)35)29-14-21(15-29)25(16-29)27-37-26(30(38-27)12-13-30)28(40)36-17-19-2-1-3-19/h4-11,19,21,25-26H,1-3,12-18H2,(H,36,40)(H,37,38)/t21?,25-,26?,29?/m0/s1. The maximum absolute atomic E-state index is 14.1. The Balaban J connectivity index is 1.14. The van der Waals surface area contributed by atoms with E-state index in [1.54, 1.807) is 0 Å². The van der Waals surface area contributed by atoms with Gasteiger partial charge in [0.1, 0.15) is 11.7 Å². The van der Waals surface area contributed by atoms with E-state index in [0.29, 0.717) is 37.3 Å². The number of aliphatic imine (C=N–C) groups is 1. The molecule has 0 aromatic heterocycles. The third-order valence-electron chi connectivity index (χ3n) is 10.3. The average Bonchev–Trinajstić information content (AvgIpc) is 3.25. The quantitative estimate of drug-likeness (QED) is 0.386. The van der Waals surface area contributed by atoms with Gasteiger partial charge in [-0.3, -0.25) is 9.79 Å². The molecular weight excluding hydrogens is 584 g/mol. The topological polar surface area (TPSA) is 90.9 Å². The van der Waals surface area contributed by atoms with E-state index in [1.807, 2.05) is 0 Å². The Bertz CT molecular complexity index is 1540. The van der Waals surface area contributed by atoms with Gasteiger partial charge in [-0.05, 0) is 98.7 Å². The van der Waals surface area contributed by atoms with Crippen LogP contribution < -0.4 is 10.6 Å². The molecule has 7 nitrogen and oxygen atoms in total. The number of alkyl halides is 3. The average molecular weight is 619 g/mol. The van der Waals surface area contributed by atoms with Crippen LogP contribution in [0.15, 0.2) is 58.4 Å². The van der Waals surface area contributed by atoms with E-state index < -0.39 is 39.2 Å². The number of amidine groups is 1. The molecule has 0 radical (unpaired) electrons. The Kier molecular flexibility index (Phi) is 6.70. The van der Waals surface area contributed by atoms with Gasteiger partial charge in [0.05, 0.1) is 16.0 Å². The van der Waals surface area contributed by atoms with Crippen molar-refractivity contribution in [3.63, 3.8) is 0 Å². The first kappa shape index (κ1) is 28.8. The van der Waals surface area contributed by atoms with Crippen LogP contribution in [0.3, 0.4) is 0 Å². The van der Waals surface area contributed by atoms with Gasteiger partial charge in [-0.15, -0.1) is 0 Å². The molecule has 1 amide bonds. The maximum atomic E-state index is 14.1. The number of benzene rings is 2. The fourth-order valence-electron chi connectivity index (χ4n) is 7.46. The first-order chi connectivity index (χ1) is 20.4. The van der Waals surface area contributed by atoms with Crippen LogP contribution in [0.25, 0.3) is 0 Å². The predicted octanol–water partition coefficient (Wildman–Crippen LogP) is 5.02. The van der Waals surface area contributed by atoms with Crippen molar-refractivity contribution in [1.29, 1.82) is 0 Å². The van der Waals surface area contributed by atoms with E-state index in [0.717, 1.165) is 55.8 Å². The lowest BCUT2D eigenvalue weighted by atomic mass is 9.76. The van der Waals surface area contributed by atoms with Crippen molar-refractivity contribution in [3.05, 3.63) is 65.5 Å². The summed E-state index contributed by atoms with van der Waals surface area (Å²) >= 11 is 0. The second-order valence-corrected chi connectivity index (χ2v) is 15.0. The Morgan fingerprint density at radius 2 is 1.70 bits per heavy atom. The molecule has 5 fully saturated rings. The molecule has 230 valence electrons. The van der Waals surface area contributed by atoms with Crippen molar-refractivity contribution in [3.8, 4) is 0 Å². The minimum Gasteiger partial charge on any atom is -0.365 e. The number of hydrogen-bond acceptors (Lipinski definition) is 5. The van der Waals surface area contributed by atoms with E-state index in [9.17, 15) is 30.8 Å². The highest BCUT2D eigenvalue weighted by molar-refractivity contribution is 7.89. The minimum absolute atomic E-state index is 0.0552. The number of halogens is 4. The van der Waals surface area contributed by atoms with Crippen molar-refractivity contribution < 1.29 is 30.8 Å². The SMILES string of the molecule is O=C(NCC1CCC1)C1N=C([C@H]2CC3(N(Cc4ccc(C(F)(F)F)cc4)S(=O)(=O)c4ccc(F)cc4)CC2C3)NC12CC2. The van der Waals surface area contributed by atoms with Crippen molar-refractivity contribution in [2.75, 3.05) is 6.54 Å². The fourth-order valence-corrected chi connectivity index (χ4v) is 9.25. The van der Waals surface area contributed by atoms with Crippen LogP contribution in [0, 0.1) is 23.6 Å². The predicted molar refractivity (Wildman–Crippen MR) is 151 cm³/mol. The summed E-state index contributed by atoms with van der Waals surface area (Å²) < 4.78 is 82.7. The van der Waals surface area contributed by atoms with Gasteiger partial charge in [-0.25, -0.2) is 12.8 Å². The number of nitrogens with zero attached hydrogens (tertiary/aromatic N) is 2. The molecule has 2 aromatic carbocycles. The molecule has 1 aliphatic heterocycles. The number of carbonyl (C=O) groups excluding carboxylic acids is 1. The van der Waals surface area contributed by atoms with Crippen LogP contribution in [0.1, 0.15) is 62.5 Å². The molecule has 2 aromatic rings. The van der Waals surface area contributed by atoms with E-state index in [2.05, 4.69) is 10.6 Å². The highest BCUT2D eigenvalue weighted by Crippen LogP contribution is 2.61. The Morgan fingerprint density at radius 1 is 1.02 bits per heavy atom. The summed E-state index contributed by atoms with van der Waals surface area (Å²) in [7, 11) is -4.13. The van der Waals surface area contributed by atoms with Crippen LogP contribution in [-0.2, 0) is 27.5 Å². The summed E-state index contributed by atoms with van der Waals surface area (Å²) in [5, 5.41) is 6.66. The molecule has 5 saturated carbocycles. The number of sulfonamides is 1. The summed E-state index contributed by atoms with van der Waals surface area (Å²) in [6, 6.07) is 8.64. The summed E-state index contributed by atoms with van der Waals surface area (Å²) in [6.07, 6.45) is 2.31.